The van der Waals surface area contributed by atoms with E-state index in [2.05, 4.69) is 38.3 Å². The van der Waals surface area contributed by atoms with Crippen LogP contribution >= 0.6 is 51.7 Å². The molecule has 1 fully saturated rings. The fourth-order valence-electron chi connectivity index (χ4n) is 2.29. The van der Waals surface area contributed by atoms with Gasteiger partial charge in [-0.3, -0.25) is 4.90 Å². The molecule has 0 aromatic heterocycles. The summed E-state index contributed by atoms with van der Waals surface area (Å²) < 4.78 is 5.37. The first-order chi connectivity index (χ1) is 9.90. The summed E-state index contributed by atoms with van der Waals surface area (Å²) >= 11 is 2.40. The molecular weight excluding hydrogens is 421 g/mol. The molecule has 1 heterocycles. The molecule has 2 rings (SSSR count). The summed E-state index contributed by atoms with van der Waals surface area (Å²) in [6.07, 6.45) is 7.33. The maximum atomic E-state index is 5.37. The van der Waals surface area contributed by atoms with Crippen LogP contribution in [0.3, 0.4) is 0 Å². The van der Waals surface area contributed by atoms with E-state index in [1.807, 2.05) is 30.5 Å². The SMILES string of the molecule is ISCC1=CCCC=C1CSSCCN1CCOCC1. The summed E-state index contributed by atoms with van der Waals surface area (Å²) in [7, 11) is 5.93. The lowest BCUT2D eigenvalue weighted by Gasteiger charge is -2.26. The van der Waals surface area contributed by atoms with Crippen LogP contribution in [0.4, 0.5) is 0 Å². The van der Waals surface area contributed by atoms with Crippen molar-refractivity contribution >= 4 is 51.7 Å². The molecule has 0 bridgehead atoms. The molecule has 1 saturated heterocycles. The van der Waals surface area contributed by atoms with Gasteiger partial charge >= 0.3 is 0 Å². The van der Waals surface area contributed by atoms with Crippen LogP contribution in [0.25, 0.3) is 0 Å². The van der Waals surface area contributed by atoms with Crippen molar-refractivity contribution in [1.29, 1.82) is 0 Å². The third kappa shape index (κ3) is 6.52. The van der Waals surface area contributed by atoms with Gasteiger partial charge < -0.3 is 4.74 Å². The molecule has 0 saturated carbocycles. The number of ether oxygens (including phenoxy) is 1. The molecule has 0 atom stereocenters. The molecule has 0 radical (unpaired) electrons. The molecule has 0 unspecified atom stereocenters. The molecule has 2 aliphatic rings. The van der Waals surface area contributed by atoms with E-state index in [-0.39, 0.29) is 0 Å². The topological polar surface area (TPSA) is 12.5 Å². The van der Waals surface area contributed by atoms with Crippen LogP contribution in [-0.2, 0) is 4.74 Å². The first kappa shape index (κ1) is 17.5. The van der Waals surface area contributed by atoms with Crippen LogP contribution in [-0.4, -0.2) is 55.0 Å². The number of halogens is 1. The van der Waals surface area contributed by atoms with Gasteiger partial charge in [0.1, 0.15) is 0 Å². The van der Waals surface area contributed by atoms with Crippen LogP contribution in [0.1, 0.15) is 12.8 Å². The van der Waals surface area contributed by atoms with Crippen molar-refractivity contribution in [1.82, 2.24) is 4.90 Å². The second kappa shape index (κ2) is 10.8. The van der Waals surface area contributed by atoms with Crippen molar-refractivity contribution in [3.8, 4) is 0 Å². The van der Waals surface area contributed by atoms with E-state index < -0.39 is 0 Å². The number of nitrogens with zero attached hydrogens (tertiary/aromatic N) is 1. The normalized spacial score (nSPS) is 20.6. The second-order valence-electron chi connectivity index (χ2n) is 4.83. The summed E-state index contributed by atoms with van der Waals surface area (Å²) in [5, 5.41) is 0. The highest BCUT2D eigenvalue weighted by atomic mass is 127. The Labute approximate surface area is 146 Å². The van der Waals surface area contributed by atoms with Crippen LogP contribution in [0.5, 0.6) is 0 Å². The summed E-state index contributed by atoms with van der Waals surface area (Å²) in [5.41, 5.74) is 3.14. The minimum absolute atomic E-state index is 0.910. The number of allylic oxidation sites excluding steroid dienone is 2. The van der Waals surface area contributed by atoms with Gasteiger partial charge in [0.15, 0.2) is 0 Å². The average molecular weight is 443 g/mol. The maximum Gasteiger partial charge on any atom is 0.0594 e. The van der Waals surface area contributed by atoms with Crippen LogP contribution < -0.4 is 0 Å². The highest BCUT2D eigenvalue weighted by Gasteiger charge is 2.11. The Kier molecular flexibility index (Phi) is 9.49. The van der Waals surface area contributed by atoms with Crippen molar-refractivity contribution in [2.75, 3.05) is 50.1 Å². The van der Waals surface area contributed by atoms with Gasteiger partial charge in [-0.15, -0.1) is 0 Å². The molecule has 6 heteroatoms. The molecule has 1 aliphatic carbocycles. The highest BCUT2D eigenvalue weighted by molar-refractivity contribution is 14.2. The zero-order valence-electron chi connectivity index (χ0n) is 11.7. The average Bonchev–Trinajstić information content (AvgIpc) is 2.50. The van der Waals surface area contributed by atoms with Gasteiger partial charge in [-0.1, -0.05) is 42.7 Å². The molecule has 0 aromatic carbocycles. The van der Waals surface area contributed by atoms with Gasteiger partial charge in [-0.25, -0.2) is 0 Å². The molecule has 1 aliphatic heterocycles. The molecule has 0 amide bonds. The molecule has 0 N–H and O–H groups in total. The summed E-state index contributed by atoms with van der Waals surface area (Å²) in [5.74, 6) is 3.54. The minimum atomic E-state index is 0.910. The van der Waals surface area contributed by atoms with Crippen LogP contribution in [0.2, 0.25) is 0 Å². The van der Waals surface area contributed by atoms with Gasteiger partial charge in [0, 0.05) is 36.9 Å². The first-order valence-corrected chi connectivity index (χ1v) is 13.1. The second-order valence-corrected chi connectivity index (χ2v) is 9.79. The van der Waals surface area contributed by atoms with Crippen LogP contribution in [0, 0.1) is 0 Å². The summed E-state index contributed by atoms with van der Waals surface area (Å²) in [6, 6.07) is 0. The minimum Gasteiger partial charge on any atom is -0.379 e. The monoisotopic (exact) mass is 443 g/mol. The summed E-state index contributed by atoms with van der Waals surface area (Å²) in [4.78, 5) is 2.51. The standard InChI is InChI=1S/C14H22INOS3/c15-18-11-13-3-1-2-4-14(13)12-20-19-10-7-16-5-8-17-9-6-16/h3-4H,1-2,5-12H2. The van der Waals surface area contributed by atoms with Crippen molar-refractivity contribution in [2.24, 2.45) is 0 Å². The lowest BCUT2D eigenvalue weighted by molar-refractivity contribution is 0.0410. The Hall–Kier alpha value is 1.18. The van der Waals surface area contributed by atoms with Crippen LogP contribution in [0.15, 0.2) is 23.3 Å². The van der Waals surface area contributed by atoms with E-state index in [0.29, 0.717) is 0 Å². The van der Waals surface area contributed by atoms with E-state index in [0.717, 1.165) is 37.8 Å². The van der Waals surface area contributed by atoms with E-state index >= 15 is 0 Å². The number of hydrogen-bond donors (Lipinski definition) is 0. The highest BCUT2D eigenvalue weighted by Crippen LogP contribution is 2.31. The van der Waals surface area contributed by atoms with E-state index in [1.54, 1.807) is 11.1 Å². The maximum absolute atomic E-state index is 5.37. The predicted molar refractivity (Wildman–Crippen MR) is 104 cm³/mol. The lowest BCUT2D eigenvalue weighted by Crippen LogP contribution is -2.37. The zero-order chi connectivity index (χ0) is 14.0. The van der Waals surface area contributed by atoms with Gasteiger partial charge in [-0.05, 0) is 45.2 Å². The molecule has 0 spiro atoms. The fraction of sp³-hybridized carbons (Fsp3) is 0.714. The third-order valence-electron chi connectivity index (χ3n) is 3.46. The molecule has 2 nitrogen and oxygen atoms in total. The fourth-order valence-corrected chi connectivity index (χ4v) is 5.89. The quantitative estimate of drug-likeness (QED) is 0.312. The number of morpholine rings is 1. The number of rotatable bonds is 8. The third-order valence-corrected chi connectivity index (χ3v) is 7.12. The largest absolute Gasteiger partial charge is 0.379 e. The number of hydrogen-bond acceptors (Lipinski definition) is 5. The Morgan fingerprint density at radius 3 is 2.45 bits per heavy atom. The first-order valence-electron chi connectivity index (χ1n) is 7.06. The Balaban J connectivity index is 1.58. The van der Waals surface area contributed by atoms with Gasteiger partial charge in [-0.2, -0.15) is 0 Å². The molecule has 20 heavy (non-hydrogen) atoms. The van der Waals surface area contributed by atoms with Gasteiger partial charge in [0.25, 0.3) is 0 Å². The molecular formula is C14H22INOS3. The van der Waals surface area contributed by atoms with Crippen molar-refractivity contribution < 1.29 is 4.74 Å². The van der Waals surface area contributed by atoms with Crippen molar-refractivity contribution in [3.63, 3.8) is 0 Å². The van der Waals surface area contributed by atoms with Crippen molar-refractivity contribution in [3.05, 3.63) is 23.3 Å². The van der Waals surface area contributed by atoms with E-state index in [1.165, 1.54) is 25.1 Å². The molecule has 0 aromatic rings. The summed E-state index contributed by atoms with van der Waals surface area (Å²) in [6.45, 7) is 5.23. The molecule has 114 valence electrons. The Morgan fingerprint density at radius 1 is 1.05 bits per heavy atom. The van der Waals surface area contributed by atoms with E-state index in [4.69, 9.17) is 4.74 Å². The Bertz CT molecular complexity index is 343. The zero-order valence-corrected chi connectivity index (χ0v) is 16.3. The van der Waals surface area contributed by atoms with Gasteiger partial charge in [0.2, 0.25) is 0 Å². The lowest BCUT2D eigenvalue weighted by atomic mass is 10.0. The van der Waals surface area contributed by atoms with E-state index in [9.17, 15) is 0 Å². The Morgan fingerprint density at radius 2 is 1.75 bits per heavy atom. The smallest absolute Gasteiger partial charge is 0.0594 e. The van der Waals surface area contributed by atoms with Crippen molar-refractivity contribution in [2.45, 2.75) is 12.8 Å². The predicted octanol–water partition coefficient (Wildman–Crippen LogP) is 4.43. The van der Waals surface area contributed by atoms with Gasteiger partial charge in [0.05, 0.1) is 13.2 Å².